The summed E-state index contributed by atoms with van der Waals surface area (Å²) in [6, 6.07) is 4.36. The van der Waals surface area contributed by atoms with E-state index in [9.17, 15) is 9.18 Å². The number of carbonyl (C=O) groups is 1. The van der Waals surface area contributed by atoms with E-state index in [2.05, 4.69) is 9.97 Å². The number of fused-ring (bicyclic) bond motifs is 1. The van der Waals surface area contributed by atoms with Gasteiger partial charge in [-0.2, -0.15) is 0 Å². The van der Waals surface area contributed by atoms with Crippen LogP contribution in [0.3, 0.4) is 0 Å². The van der Waals surface area contributed by atoms with Crippen molar-refractivity contribution in [3.63, 3.8) is 0 Å². The molecule has 1 aromatic heterocycles. The van der Waals surface area contributed by atoms with Gasteiger partial charge in [0.05, 0.1) is 24.2 Å². The van der Waals surface area contributed by atoms with E-state index in [1.807, 2.05) is 20.8 Å². The van der Waals surface area contributed by atoms with Crippen LogP contribution in [-0.2, 0) is 9.47 Å². The third-order valence-electron chi connectivity index (χ3n) is 3.49. The first-order valence-corrected chi connectivity index (χ1v) is 7.56. The molecule has 3 rings (SSSR count). The van der Waals surface area contributed by atoms with Crippen LogP contribution in [0.4, 0.5) is 9.18 Å². The van der Waals surface area contributed by atoms with Gasteiger partial charge in [0.2, 0.25) is 0 Å². The summed E-state index contributed by atoms with van der Waals surface area (Å²) in [6.45, 7) is 6.71. The average Bonchev–Trinajstić information content (AvgIpc) is 2.88. The zero-order valence-corrected chi connectivity index (χ0v) is 13.4. The van der Waals surface area contributed by atoms with Gasteiger partial charge >= 0.3 is 6.09 Å². The number of carbonyl (C=O) groups excluding carboxylic acids is 1. The number of H-pyrrole nitrogens is 1. The summed E-state index contributed by atoms with van der Waals surface area (Å²) < 4.78 is 24.3. The molecule has 6 nitrogen and oxygen atoms in total. The zero-order valence-electron chi connectivity index (χ0n) is 13.4. The summed E-state index contributed by atoms with van der Waals surface area (Å²) in [5.74, 6) is 0.256. The second-order valence-electron chi connectivity index (χ2n) is 6.57. The lowest BCUT2D eigenvalue weighted by Gasteiger charge is -2.33. The highest BCUT2D eigenvalue weighted by Crippen LogP contribution is 2.24. The van der Waals surface area contributed by atoms with Gasteiger partial charge in [-0.05, 0) is 39.0 Å². The third kappa shape index (κ3) is 3.61. The predicted molar refractivity (Wildman–Crippen MR) is 82.6 cm³/mol. The number of imidazole rings is 1. The molecule has 2 heterocycles. The van der Waals surface area contributed by atoms with E-state index in [1.165, 1.54) is 12.1 Å². The lowest BCUT2D eigenvalue weighted by atomic mass is 10.2. The molecule has 23 heavy (non-hydrogen) atoms. The molecule has 7 heteroatoms. The predicted octanol–water partition coefficient (Wildman–Crippen LogP) is 3.01. The van der Waals surface area contributed by atoms with Crippen molar-refractivity contribution in [2.75, 3.05) is 19.7 Å². The van der Waals surface area contributed by atoms with Gasteiger partial charge in [-0.15, -0.1) is 0 Å². The minimum absolute atomic E-state index is 0.326. The van der Waals surface area contributed by atoms with Crippen LogP contribution in [0, 0.1) is 5.82 Å². The number of amides is 1. The SMILES string of the molecule is CC(C)(C)OC(=O)N1CCOC(c2nc3ccc(F)cc3[nH]2)C1. The fourth-order valence-electron chi connectivity index (χ4n) is 2.46. The Labute approximate surface area is 133 Å². The van der Waals surface area contributed by atoms with E-state index >= 15 is 0 Å². The Morgan fingerprint density at radius 1 is 1.48 bits per heavy atom. The maximum atomic E-state index is 13.3. The monoisotopic (exact) mass is 321 g/mol. The number of hydrogen-bond donors (Lipinski definition) is 1. The summed E-state index contributed by atoms with van der Waals surface area (Å²) in [6.07, 6.45) is -0.750. The van der Waals surface area contributed by atoms with Crippen LogP contribution in [0.2, 0.25) is 0 Å². The minimum atomic E-state index is -0.540. The summed E-state index contributed by atoms with van der Waals surface area (Å²) in [5.41, 5.74) is 0.735. The van der Waals surface area contributed by atoms with Crippen molar-refractivity contribution in [2.45, 2.75) is 32.5 Å². The van der Waals surface area contributed by atoms with Crippen molar-refractivity contribution in [1.29, 1.82) is 0 Å². The number of nitrogens with one attached hydrogen (secondary N) is 1. The summed E-state index contributed by atoms with van der Waals surface area (Å²) in [7, 11) is 0. The van der Waals surface area contributed by atoms with Crippen LogP contribution >= 0.6 is 0 Å². The zero-order chi connectivity index (χ0) is 16.6. The number of nitrogens with zero attached hydrogens (tertiary/aromatic N) is 2. The van der Waals surface area contributed by atoms with Crippen LogP contribution in [0.25, 0.3) is 11.0 Å². The van der Waals surface area contributed by atoms with Gasteiger partial charge in [-0.1, -0.05) is 0 Å². The molecule has 0 saturated carbocycles. The number of hydrogen-bond acceptors (Lipinski definition) is 4. The van der Waals surface area contributed by atoms with Crippen LogP contribution in [-0.4, -0.2) is 46.3 Å². The first kappa shape index (κ1) is 15.7. The maximum Gasteiger partial charge on any atom is 0.410 e. The van der Waals surface area contributed by atoms with Gasteiger partial charge < -0.3 is 19.4 Å². The van der Waals surface area contributed by atoms with E-state index in [-0.39, 0.29) is 18.0 Å². The summed E-state index contributed by atoms with van der Waals surface area (Å²) in [4.78, 5) is 21.3. The molecular formula is C16H20FN3O3. The molecule has 0 aliphatic carbocycles. The Kier molecular flexibility index (Phi) is 3.97. The molecule has 1 atom stereocenters. The highest BCUT2D eigenvalue weighted by molar-refractivity contribution is 5.75. The van der Waals surface area contributed by atoms with Crippen LogP contribution in [0.1, 0.15) is 32.7 Å². The van der Waals surface area contributed by atoms with Gasteiger partial charge in [-0.25, -0.2) is 14.2 Å². The fraction of sp³-hybridized carbons (Fsp3) is 0.500. The number of aromatic nitrogens is 2. The third-order valence-corrected chi connectivity index (χ3v) is 3.49. The average molecular weight is 321 g/mol. The Bertz CT molecular complexity index is 723. The van der Waals surface area contributed by atoms with Crippen LogP contribution < -0.4 is 0 Å². The Morgan fingerprint density at radius 3 is 3.00 bits per heavy atom. The van der Waals surface area contributed by atoms with E-state index in [0.717, 1.165) is 0 Å². The summed E-state index contributed by atoms with van der Waals surface area (Å²) in [5, 5.41) is 0. The number of rotatable bonds is 1. The second kappa shape index (κ2) is 5.81. The number of aromatic amines is 1. The maximum absolute atomic E-state index is 13.3. The van der Waals surface area contributed by atoms with Crippen LogP contribution in [0.15, 0.2) is 18.2 Å². The lowest BCUT2D eigenvalue weighted by molar-refractivity contribution is -0.0458. The second-order valence-corrected chi connectivity index (χ2v) is 6.57. The number of morpholine rings is 1. The number of ether oxygens (including phenoxy) is 2. The molecule has 1 saturated heterocycles. The number of halogens is 1. The van der Waals surface area contributed by atoms with Crippen LogP contribution in [0.5, 0.6) is 0 Å². The first-order chi connectivity index (χ1) is 10.8. The minimum Gasteiger partial charge on any atom is -0.444 e. The van der Waals surface area contributed by atoms with Gasteiger partial charge in [0.1, 0.15) is 23.3 Å². The Morgan fingerprint density at radius 2 is 2.26 bits per heavy atom. The molecule has 1 aromatic carbocycles. The van der Waals surface area contributed by atoms with Crippen molar-refractivity contribution in [3.8, 4) is 0 Å². The smallest absolute Gasteiger partial charge is 0.410 e. The molecule has 0 bridgehead atoms. The topological polar surface area (TPSA) is 67.4 Å². The van der Waals surface area contributed by atoms with Gasteiger partial charge in [0, 0.05) is 6.54 Å². The number of benzene rings is 1. The first-order valence-electron chi connectivity index (χ1n) is 7.56. The van der Waals surface area contributed by atoms with Crippen molar-refractivity contribution in [2.24, 2.45) is 0 Å². The lowest BCUT2D eigenvalue weighted by Crippen LogP contribution is -2.44. The van der Waals surface area contributed by atoms with Crippen molar-refractivity contribution in [3.05, 3.63) is 29.8 Å². The van der Waals surface area contributed by atoms with Crippen molar-refractivity contribution >= 4 is 17.1 Å². The van der Waals surface area contributed by atoms with E-state index in [1.54, 1.807) is 11.0 Å². The molecule has 1 unspecified atom stereocenters. The van der Waals surface area contributed by atoms with Gasteiger partial charge in [-0.3, -0.25) is 0 Å². The molecule has 1 amide bonds. The molecule has 0 spiro atoms. The van der Waals surface area contributed by atoms with Gasteiger partial charge in [0.25, 0.3) is 0 Å². The molecule has 0 radical (unpaired) electrons. The Balaban J connectivity index is 1.75. The van der Waals surface area contributed by atoms with Crippen molar-refractivity contribution < 1.29 is 18.7 Å². The Hall–Kier alpha value is -2.15. The molecular weight excluding hydrogens is 301 g/mol. The summed E-state index contributed by atoms with van der Waals surface area (Å²) >= 11 is 0. The quantitative estimate of drug-likeness (QED) is 0.877. The van der Waals surface area contributed by atoms with E-state index in [0.29, 0.717) is 36.6 Å². The fourth-order valence-corrected chi connectivity index (χ4v) is 2.46. The standard InChI is InChI=1S/C16H20FN3O3/c1-16(2,3)23-15(21)20-6-7-22-13(9-20)14-18-11-5-4-10(17)8-12(11)19-14/h4-5,8,13H,6-7,9H2,1-3H3,(H,18,19). The molecule has 1 N–H and O–H groups in total. The van der Waals surface area contributed by atoms with Crippen molar-refractivity contribution in [1.82, 2.24) is 14.9 Å². The van der Waals surface area contributed by atoms with Gasteiger partial charge in [0.15, 0.2) is 0 Å². The van der Waals surface area contributed by atoms with E-state index in [4.69, 9.17) is 9.47 Å². The molecule has 2 aromatic rings. The van der Waals surface area contributed by atoms with E-state index < -0.39 is 5.60 Å². The molecule has 1 aliphatic heterocycles. The molecule has 1 fully saturated rings. The highest BCUT2D eigenvalue weighted by Gasteiger charge is 2.30. The molecule has 1 aliphatic rings. The largest absolute Gasteiger partial charge is 0.444 e. The molecule has 124 valence electrons. The normalized spacial score (nSPS) is 19.1. The highest BCUT2D eigenvalue weighted by atomic mass is 19.1.